The number of fused-ring (bicyclic) bond motifs is 2. The summed E-state index contributed by atoms with van der Waals surface area (Å²) in [5.41, 5.74) is 2.24. The Morgan fingerprint density at radius 2 is 1.75 bits per heavy atom. The molecule has 0 bridgehead atoms. The van der Waals surface area contributed by atoms with Crippen LogP contribution in [0, 0.1) is 13.8 Å². The highest BCUT2D eigenvalue weighted by molar-refractivity contribution is 9.10. The molecule has 0 aliphatic carbocycles. The van der Waals surface area contributed by atoms with E-state index in [-0.39, 0.29) is 0 Å². The lowest BCUT2D eigenvalue weighted by atomic mass is 10.0. The van der Waals surface area contributed by atoms with Gasteiger partial charge in [0.15, 0.2) is 0 Å². The first kappa shape index (κ1) is 13.7. The van der Waals surface area contributed by atoms with Gasteiger partial charge in [-0.2, -0.15) is 0 Å². The topological polar surface area (TPSA) is 58.5 Å². The van der Waals surface area contributed by atoms with Gasteiger partial charge in [0.25, 0.3) is 0 Å². The summed E-state index contributed by atoms with van der Waals surface area (Å²) in [6.45, 7) is 4.25. The normalized spacial score (nSPS) is 13.4. The summed E-state index contributed by atoms with van der Waals surface area (Å²) in [5.74, 6) is 1.62. The average molecular weight is 338 g/mol. The molecule has 5 heteroatoms. The highest BCUT2D eigenvalue weighted by Crippen LogP contribution is 2.41. The van der Waals surface area contributed by atoms with Crippen molar-refractivity contribution in [3.05, 3.63) is 33.7 Å². The van der Waals surface area contributed by atoms with Crippen LogP contribution in [-0.4, -0.2) is 18.7 Å². The molecule has 4 nitrogen and oxygen atoms in total. The van der Waals surface area contributed by atoms with Crippen molar-refractivity contribution in [1.82, 2.24) is 5.32 Å². The first-order valence-corrected chi connectivity index (χ1v) is 7.26. The molecule has 0 radical (unpaired) electrons. The predicted octanol–water partition coefficient (Wildman–Crippen LogP) is 3.81. The number of furan rings is 2. The van der Waals surface area contributed by atoms with Gasteiger partial charge in [-0.3, -0.25) is 0 Å². The maximum absolute atomic E-state index is 10.4. The third-order valence-electron chi connectivity index (χ3n) is 3.41. The van der Waals surface area contributed by atoms with Crippen LogP contribution in [0.3, 0.4) is 0 Å². The molecule has 0 aliphatic rings. The molecule has 0 spiro atoms. The lowest BCUT2D eigenvalue weighted by Crippen LogP contribution is -2.17. The third kappa shape index (κ3) is 1.97. The highest BCUT2D eigenvalue weighted by Gasteiger charge is 2.23. The number of aryl methyl sites for hydroxylation is 2. The molecule has 0 saturated carbocycles. The van der Waals surface area contributed by atoms with Crippen molar-refractivity contribution < 1.29 is 13.9 Å². The van der Waals surface area contributed by atoms with E-state index in [1.165, 1.54) is 0 Å². The van der Waals surface area contributed by atoms with E-state index in [1.54, 1.807) is 0 Å². The molecule has 0 aliphatic heterocycles. The van der Waals surface area contributed by atoms with Gasteiger partial charge in [0, 0.05) is 22.9 Å². The van der Waals surface area contributed by atoms with Crippen molar-refractivity contribution in [3.63, 3.8) is 0 Å². The fourth-order valence-corrected chi connectivity index (χ4v) is 3.21. The molecule has 0 saturated heterocycles. The number of aliphatic hydroxyl groups excluding tert-OH is 1. The Balaban J connectivity index is 2.44. The van der Waals surface area contributed by atoms with E-state index >= 15 is 0 Å². The van der Waals surface area contributed by atoms with Crippen LogP contribution in [-0.2, 0) is 0 Å². The number of aliphatic hydroxyl groups is 1. The summed E-state index contributed by atoms with van der Waals surface area (Å²) in [5, 5.41) is 15.2. The first-order chi connectivity index (χ1) is 9.52. The van der Waals surface area contributed by atoms with E-state index in [0.29, 0.717) is 12.1 Å². The van der Waals surface area contributed by atoms with Gasteiger partial charge in [0.05, 0.1) is 10.6 Å². The van der Waals surface area contributed by atoms with Gasteiger partial charge in [0.2, 0.25) is 0 Å². The number of halogens is 1. The zero-order chi connectivity index (χ0) is 14.4. The van der Waals surface area contributed by atoms with Crippen LogP contribution in [0.25, 0.3) is 21.9 Å². The van der Waals surface area contributed by atoms with Crippen molar-refractivity contribution in [2.24, 2.45) is 0 Å². The summed E-state index contributed by atoms with van der Waals surface area (Å²) in [6, 6.07) is 3.89. The minimum atomic E-state index is -0.652. The molecule has 1 atom stereocenters. The van der Waals surface area contributed by atoms with Gasteiger partial charge < -0.3 is 19.3 Å². The van der Waals surface area contributed by atoms with E-state index in [4.69, 9.17) is 8.83 Å². The molecule has 2 N–H and O–H groups in total. The van der Waals surface area contributed by atoms with Crippen molar-refractivity contribution in [1.29, 1.82) is 0 Å². The number of nitrogens with one attached hydrogen (secondary N) is 1. The number of benzene rings is 1. The van der Waals surface area contributed by atoms with Crippen LogP contribution >= 0.6 is 15.9 Å². The lowest BCUT2D eigenvalue weighted by molar-refractivity contribution is 0.179. The second-order valence-electron chi connectivity index (χ2n) is 5.00. The molecule has 1 aromatic carbocycles. The Kier molecular flexibility index (Phi) is 3.36. The number of rotatable bonds is 3. The van der Waals surface area contributed by atoms with Crippen LogP contribution in [0.4, 0.5) is 0 Å². The minimum Gasteiger partial charge on any atom is -0.461 e. The zero-order valence-corrected chi connectivity index (χ0v) is 13.2. The van der Waals surface area contributed by atoms with E-state index in [9.17, 15) is 5.11 Å². The number of hydrogen-bond donors (Lipinski definition) is 2. The van der Waals surface area contributed by atoms with E-state index in [2.05, 4.69) is 21.2 Å². The van der Waals surface area contributed by atoms with Crippen LogP contribution in [0.2, 0.25) is 0 Å². The molecule has 20 heavy (non-hydrogen) atoms. The lowest BCUT2D eigenvalue weighted by Gasteiger charge is -2.12. The van der Waals surface area contributed by atoms with Gasteiger partial charge in [-0.1, -0.05) is 0 Å². The second-order valence-corrected chi connectivity index (χ2v) is 5.79. The highest BCUT2D eigenvalue weighted by atomic mass is 79.9. The second kappa shape index (κ2) is 4.91. The maximum atomic E-state index is 10.4. The van der Waals surface area contributed by atoms with Crippen LogP contribution in [0.15, 0.2) is 25.4 Å². The standard InChI is InChI=1S/C15H16BrNO3/c1-7-4-9-12(11(18)6-17-3)14-10(5-8(2)19-14)13(16)15(9)20-7/h4-5,11,17-18H,6H2,1-3H3. The van der Waals surface area contributed by atoms with Gasteiger partial charge >= 0.3 is 0 Å². The molecule has 0 amide bonds. The van der Waals surface area contributed by atoms with Crippen LogP contribution in [0.1, 0.15) is 23.2 Å². The van der Waals surface area contributed by atoms with Crippen molar-refractivity contribution in [3.8, 4) is 0 Å². The summed E-state index contributed by atoms with van der Waals surface area (Å²) in [6.07, 6.45) is -0.652. The van der Waals surface area contributed by atoms with Gasteiger partial charge in [-0.15, -0.1) is 0 Å². The Labute approximate surface area is 124 Å². The fourth-order valence-electron chi connectivity index (χ4n) is 2.63. The van der Waals surface area contributed by atoms with Crippen molar-refractivity contribution in [2.45, 2.75) is 20.0 Å². The number of likely N-dealkylation sites (N-methyl/N-ethyl adjacent to an activating group) is 1. The van der Waals surface area contributed by atoms with E-state index < -0.39 is 6.10 Å². The van der Waals surface area contributed by atoms with Gasteiger partial charge in [-0.25, -0.2) is 0 Å². The monoisotopic (exact) mass is 337 g/mol. The smallest absolute Gasteiger partial charge is 0.149 e. The summed E-state index contributed by atoms with van der Waals surface area (Å²) in [7, 11) is 1.81. The Hall–Kier alpha value is -1.30. The quantitative estimate of drug-likeness (QED) is 0.762. The third-order valence-corrected chi connectivity index (χ3v) is 4.20. The van der Waals surface area contributed by atoms with Crippen LogP contribution in [0.5, 0.6) is 0 Å². The molecule has 3 rings (SSSR count). The fraction of sp³-hybridized carbons (Fsp3) is 0.333. The predicted molar refractivity (Wildman–Crippen MR) is 82.0 cm³/mol. The molecule has 2 heterocycles. The molecule has 106 valence electrons. The van der Waals surface area contributed by atoms with Crippen molar-refractivity contribution >= 4 is 37.9 Å². The summed E-state index contributed by atoms with van der Waals surface area (Å²) < 4.78 is 12.4. The summed E-state index contributed by atoms with van der Waals surface area (Å²) in [4.78, 5) is 0. The van der Waals surface area contributed by atoms with Crippen molar-refractivity contribution in [2.75, 3.05) is 13.6 Å². The molecule has 2 aromatic heterocycles. The Morgan fingerprint density at radius 1 is 1.15 bits per heavy atom. The Bertz CT molecular complexity index is 730. The average Bonchev–Trinajstić information content (AvgIpc) is 2.93. The minimum absolute atomic E-state index is 0.454. The van der Waals surface area contributed by atoms with Gasteiger partial charge in [0.1, 0.15) is 22.7 Å². The van der Waals surface area contributed by atoms with Gasteiger partial charge in [-0.05, 0) is 49.0 Å². The van der Waals surface area contributed by atoms with E-state index in [0.717, 1.165) is 37.9 Å². The maximum Gasteiger partial charge on any atom is 0.149 e. The SMILES string of the molecule is CNCC(O)c1c2cc(C)oc2c(Br)c2cc(C)oc12. The molecule has 1 unspecified atom stereocenters. The molecule has 3 aromatic rings. The summed E-state index contributed by atoms with van der Waals surface area (Å²) >= 11 is 3.58. The zero-order valence-electron chi connectivity index (χ0n) is 11.6. The van der Waals surface area contributed by atoms with E-state index in [1.807, 2.05) is 33.0 Å². The molecule has 0 fully saturated rings. The van der Waals surface area contributed by atoms with Crippen LogP contribution < -0.4 is 5.32 Å². The molecular weight excluding hydrogens is 322 g/mol. The largest absolute Gasteiger partial charge is 0.461 e. The first-order valence-electron chi connectivity index (χ1n) is 6.47. The Morgan fingerprint density at radius 3 is 2.40 bits per heavy atom. The molecular formula is C15H16BrNO3. The number of hydrogen-bond acceptors (Lipinski definition) is 4.